The lowest BCUT2D eigenvalue weighted by Gasteiger charge is -2.14. The van der Waals surface area contributed by atoms with Gasteiger partial charge < -0.3 is 4.74 Å². The van der Waals surface area contributed by atoms with Gasteiger partial charge in [0, 0.05) is 5.56 Å². The van der Waals surface area contributed by atoms with Crippen LogP contribution in [0.15, 0.2) is 47.4 Å². The molecule has 2 aromatic carbocycles. The number of para-hydroxylation sites is 2. The maximum Gasteiger partial charge on any atom is 0.291 e. The highest BCUT2D eigenvalue weighted by Crippen LogP contribution is 2.28. The average Bonchev–Trinajstić information content (AvgIpc) is 3.17. The van der Waals surface area contributed by atoms with E-state index >= 15 is 0 Å². The van der Waals surface area contributed by atoms with Gasteiger partial charge in [0.15, 0.2) is 5.01 Å². The van der Waals surface area contributed by atoms with E-state index in [-0.39, 0.29) is 21.3 Å². The molecule has 0 aliphatic heterocycles. The number of nitrogens with zero attached hydrogens (tertiary/aromatic N) is 2. The summed E-state index contributed by atoms with van der Waals surface area (Å²) in [4.78, 5) is 12.3. The maximum absolute atomic E-state index is 12.9. The van der Waals surface area contributed by atoms with Gasteiger partial charge in [0.1, 0.15) is 5.75 Å². The summed E-state index contributed by atoms with van der Waals surface area (Å²) in [5, 5.41) is 8.45. The highest BCUT2D eigenvalue weighted by atomic mass is 32.2. The molecule has 2 N–H and O–H groups in total. The summed E-state index contributed by atoms with van der Waals surface area (Å²) in [6, 6.07) is 10.6. The number of anilines is 2. The van der Waals surface area contributed by atoms with Crippen molar-refractivity contribution in [2.45, 2.75) is 18.2 Å². The van der Waals surface area contributed by atoms with Gasteiger partial charge in [-0.25, -0.2) is 17.2 Å². The van der Waals surface area contributed by atoms with Crippen molar-refractivity contribution in [3.05, 3.63) is 58.6 Å². The second-order valence-corrected chi connectivity index (χ2v) is 8.65. The molecule has 12 heteroatoms. The number of methoxy groups -OCH3 is 1. The van der Waals surface area contributed by atoms with Crippen LogP contribution < -0.4 is 14.8 Å². The lowest BCUT2D eigenvalue weighted by molar-refractivity contribution is 0.102. The van der Waals surface area contributed by atoms with E-state index in [1.807, 2.05) is 0 Å². The van der Waals surface area contributed by atoms with Crippen LogP contribution in [0.1, 0.15) is 27.4 Å². The van der Waals surface area contributed by atoms with Gasteiger partial charge >= 0.3 is 0 Å². The Kier molecular flexibility index (Phi) is 6.27. The summed E-state index contributed by atoms with van der Waals surface area (Å²) < 4.78 is 58.6. The molecule has 1 heterocycles. The van der Waals surface area contributed by atoms with Crippen molar-refractivity contribution in [1.82, 2.24) is 10.2 Å². The van der Waals surface area contributed by atoms with E-state index in [1.54, 1.807) is 31.2 Å². The third kappa shape index (κ3) is 4.71. The van der Waals surface area contributed by atoms with Crippen LogP contribution >= 0.6 is 11.3 Å². The molecule has 0 atom stereocenters. The quantitative estimate of drug-likeness (QED) is 0.561. The predicted octanol–water partition coefficient (Wildman–Crippen LogP) is 3.85. The molecule has 0 saturated heterocycles. The van der Waals surface area contributed by atoms with Crippen LogP contribution in [0, 0.1) is 6.92 Å². The van der Waals surface area contributed by atoms with Crippen LogP contribution in [0.4, 0.5) is 19.6 Å². The van der Waals surface area contributed by atoms with Crippen molar-refractivity contribution in [3.8, 4) is 5.75 Å². The van der Waals surface area contributed by atoms with Gasteiger partial charge in [-0.1, -0.05) is 29.5 Å². The Bertz CT molecular complexity index is 1180. The van der Waals surface area contributed by atoms with Gasteiger partial charge in [-0.2, -0.15) is 0 Å². The monoisotopic (exact) mass is 454 g/mol. The number of aromatic nitrogens is 2. The fourth-order valence-corrected chi connectivity index (χ4v) is 4.44. The molecule has 3 rings (SSSR count). The molecule has 0 fully saturated rings. The van der Waals surface area contributed by atoms with Crippen molar-refractivity contribution in [3.63, 3.8) is 0 Å². The summed E-state index contributed by atoms with van der Waals surface area (Å²) in [6.45, 7) is 1.58. The van der Waals surface area contributed by atoms with Crippen molar-refractivity contribution >= 4 is 38.1 Å². The lowest BCUT2D eigenvalue weighted by Crippen LogP contribution is -2.17. The molecule has 8 nitrogen and oxygen atoms in total. The normalized spacial score (nSPS) is 11.4. The Morgan fingerprint density at radius 1 is 1.17 bits per heavy atom. The van der Waals surface area contributed by atoms with E-state index in [1.165, 1.54) is 25.3 Å². The molecule has 1 aromatic heterocycles. The first kappa shape index (κ1) is 21.6. The topological polar surface area (TPSA) is 110 Å². The van der Waals surface area contributed by atoms with Gasteiger partial charge in [0.05, 0.1) is 17.7 Å². The molecule has 0 aliphatic rings. The minimum absolute atomic E-state index is 0.00907. The second-order valence-electron chi connectivity index (χ2n) is 5.99. The Labute approximate surface area is 175 Å². The Balaban J connectivity index is 1.87. The molecule has 0 radical (unpaired) electrons. The van der Waals surface area contributed by atoms with Crippen LogP contribution in [-0.2, 0) is 10.0 Å². The first-order chi connectivity index (χ1) is 14.2. The Morgan fingerprint density at radius 2 is 1.90 bits per heavy atom. The Morgan fingerprint density at radius 3 is 2.57 bits per heavy atom. The van der Waals surface area contributed by atoms with E-state index < -0.39 is 27.4 Å². The largest absolute Gasteiger partial charge is 0.495 e. The van der Waals surface area contributed by atoms with Crippen LogP contribution in [0.25, 0.3) is 0 Å². The van der Waals surface area contributed by atoms with E-state index in [4.69, 9.17) is 4.74 Å². The first-order valence-corrected chi connectivity index (χ1v) is 10.7. The van der Waals surface area contributed by atoms with Gasteiger partial charge in [-0.05, 0) is 36.8 Å². The van der Waals surface area contributed by atoms with Crippen LogP contribution in [0.3, 0.4) is 0 Å². The zero-order valence-corrected chi connectivity index (χ0v) is 17.4. The number of benzene rings is 2. The molecule has 0 saturated carbocycles. The lowest BCUT2D eigenvalue weighted by atomic mass is 10.1. The maximum atomic E-state index is 12.9. The van der Waals surface area contributed by atoms with Crippen LogP contribution in [-0.4, -0.2) is 31.6 Å². The number of alkyl halides is 2. The molecular weight excluding hydrogens is 438 g/mol. The zero-order chi connectivity index (χ0) is 21.9. The molecule has 158 valence electrons. The number of hydrogen-bond acceptors (Lipinski definition) is 7. The number of carbonyl (C=O) groups excluding carboxylic acids is 1. The summed E-state index contributed by atoms with van der Waals surface area (Å²) in [6.07, 6.45) is -2.80. The van der Waals surface area contributed by atoms with Crippen LogP contribution in [0.2, 0.25) is 0 Å². The number of hydrogen-bond donors (Lipinski definition) is 2. The SMILES string of the molecule is COc1ccccc1NS(=O)(=O)c1cc(C(=O)Nc2nnc(C(F)F)s2)ccc1C. The first-order valence-electron chi connectivity index (χ1n) is 8.40. The van der Waals surface area contributed by atoms with E-state index in [0.717, 1.165) is 0 Å². The number of carbonyl (C=O) groups is 1. The highest BCUT2D eigenvalue weighted by molar-refractivity contribution is 7.92. The van der Waals surface area contributed by atoms with Gasteiger partial charge in [0.2, 0.25) is 5.13 Å². The predicted molar refractivity (Wildman–Crippen MR) is 108 cm³/mol. The van der Waals surface area contributed by atoms with Crippen LogP contribution in [0.5, 0.6) is 5.75 Å². The summed E-state index contributed by atoms with van der Waals surface area (Å²) in [5.41, 5.74) is 0.655. The Hall–Kier alpha value is -3.12. The third-order valence-electron chi connectivity index (χ3n) is 3.94. The molecule has 0 aliphatic carbocycles. The molecule has 0 bridgehead atoms. The fraction of sp³-hybridized carbons (Fsp3) is 0.167. The van der Waals surface area contributed by atoms with E-state index in [9.17, 15) is 22.0 Å². The number of sulfonamides is 1. The number of halogens is 2. The average molecular weight is 454 g/mol. The molecule has 30 heavy (non-hydrogen) atoms. The minimum Gasteiger partial charge on any atom is -0.495 e. The van der Waals surface area contributed by atoms with E-state index in [2.05, 4.69) is 20.2 Å². The van der Waals surface area contributed by atoms with Gasteiger partial charge in [-0.15, -0.1) is 10.2 Å². The summed E-state index contributed by atoms with van der Waals surface area (Å²) in [7, 11) is -2.63. The summed E-state index contributed by atoms with van der Waals surface area (Å²) >= 11 is 0.534. The van der Waals surface area contributed by atoms with Crippen molar-refractivity contribution in [1.29, 1.82) is 0 Å². The smallest absolute Gasteiger partial charge is 0.291 e. The zero-order valence-electron chi connectivity index (χ0n) is 15.7. The van der Waals surface area contributed by atoms with Crippen molar-refractivity contribution in [2.24, 2.45) is 0 Å². The van der Waals surface area contributed by atoms with Crippen molar-refractivity contribution < 1.29 is 26.7 Å². The standard InChI is InChI=1S/C18H16F2N4O4S2/c1-10-7-8-11(16(25)21-18-23-22-17(29-18)15(19)20)9-14(10)30(26,27)24-12-5-3-4-6-13(12)28-2/h3-9,15,24H,1-2H3,(H,21,23,25). The van der Waals surface area contributed by atoms with Gasteiger partial charge in [-0.3, -0.25) is 14.8 Å². The number of ether oxygens (including phenoxy) is 1. The highest BCUT2D eigenvalue weighted by Gasteiger charge is 2.22. The molecule has 0 spiro atoms. The number of amides is 1. The van der Waals surface area contributed by atoms with Crippen molar-refractivity contribution in [2.75, 3.05) is 17.1 Å². The molecule has 1 amide bonds. The number of rotatable bonds is 7. The minimum atomic E-state index is -4.05. The third-order valence-corrected chi connectivity index (χ3v) is 6.29. The summed E-state index contributed by atoms with van der Waals surface area (Å²) in [5.74, 6) is -0.376. The number of aryl methyl sites for hydroxylation is 1. The molecule has 3 aromatic rings. The molecule has 0 unspecified atom stereocenters. The fourth-order valence-electron chi connectivity index (χ4n) is 2.50. The van der Waals surface area contributed by atoms with E-state index in [0.29, 0.717) is 22.6 Å². The molecular formula is C18H16F2N4O4S2. The number of nitrogens with one attached hydrogen (secondary N) is 2. The second kappa shape index (κ2) is 8.71. The van der Waals surface area contributed by atoms with Gasteiger partial charge in [0.25, 0.3) is 22.4 Å².